The predicted octanol–water partition coefficient (Wildman–Crippen LogP) is 5.24. The Labute approximate surface area is 100 Å². The zero-order valence-electron chi connectivity index (χ0n) is 10.0. The van der Waals surface area contributed by atoms with E-state index in [-0.39, 0.29) is 5.92 Å². The Morgan fingerprint density at radius 3 is 2.00 bits per heavy atom. The van der Waals surface area contributed by atoms with Gasteiger partial charge in [-0.15, -0.1) is 0 Å². The van der Waals surface area contributed by atoms with Gasteiger partial charge < -0.3 is 0 Å². The fourth-order valence-electron chi connectivity index (χ4n) is 1.47. The van der Waals surface area contributed by atoms with Crippen LogP contribution in [-0.2, 0) is 0 Å². The lowest BCUT2D eigenvalue weighted by Crippen LogP contribution is -2.24. The van der Waals surface area contributed by atoms with Crippen LogP contribution in [0.4, 0.5) is 8.78 Å². The molecule has 0 aliphatic rings. The van der Waals surface area contributed by atoms with Crippen LogP contribution in [-0.4, -0.2) is 16.9 Å². The number of halogens is 2. The number of rotatable bonds is 8. The minimum atomic E-state index is -2.20. The van der Waals surface area contributed by atoms with Gasteiger partial charge in [0, 0.05) is 5.25 Å². The first kappa shape index (κ1) is 15.6. The number of alkyl halides is 2. The van der Waals surface area contributed by atoms with Crippen molar-refractivity contribution in [3.63, 3.8) is 0 Å². The van der Waals surface area contributed by atoms with Crippen LogP contribution < -0.4 is 0 Å². The SMILES string of the molecule is CCCC(CC)C(SSC(C)C)C(F)F. The van der Waals surface area contributed by atoms with Crippen LogP contribution in [0.1, 0.15) is 47.0 Å². The van der Waals surface area contributed by atoms with Crippen LogP contribution >= 0.6 is 21.6 Å². The Hall–Kier alpha value is 0.560. The zero-order valence-corrected chi connectivity index (χ0v) is 11.6. The molecule has 0 fully saturated rings. The van der Waals surface area contributed by atoms with E-state index in [0.29, 0.717) is 5.25 Å². The molecule has 2 atom stereocenters. The average Bonchev–Trinajstić information content (AvgIpc) is 2.15. The molecule has 0 saturated carbocycles. The summed E-state index contributed by atoms with van der Waals surface area (Å²) in [5, 5.41) is -0.0854. The van der Waals surface area contributed by atoms with Gasteiger partial charge in [0.05, 0.1) is 5.25 Å². The van der Waals surface area contributed by atoms with Gasteiger partial charge in [0.2, 0.25) is 0 Å². The van der Waals surface area contributed by atoms with E-state index in [1.807, 2.05) is 20.8 Å². The van der Waals surface area contributed by atoms with Crippen LogP contribution in [0.5, 0.6) is 0 Å². The molecule has 0 bridgehead atoms. The number of hydrogen-bond donors (Lipinski definition) is 0. The third-order valence-corrected chi connectivity index (χ3v) is 5.72. The summed E-state index contributed by atoms with van der Waals surface area (Å²) < 4.78 is 25.8. The quantitative estimate of drug-likeness (QED) is 0.545. The molecule has 0 radical (unpaired) electrons. The van der Waals surface area contributed by atoms with Gasteiger partial charge in [0.25, 0.3) is 6.43 Å². The van der Waals surface area contributed by atoms with Gasteiger partial charge in [0.15, 0.2) is 0 Å². The summed E-state index contributed by atoms with van der Waals surface area (Å²) >= 11 is 0. The molecule has 4 heteroatoms. The highest BCUT2D eigenvalue weighted by atomic mass is 33.1. The molecular weight excluding hydrogens is 234 g/mol. The van der Waals surface area contributed by atoms with Gasteiger partial charge in [-0.25, -0.2) is 8.78 Å². The van der Waals surface area contributed by atoms with Gasteiger partial charge in [-0.2, -0.15) is 0 Å². The van der Waals surface area contributed by atoms with Crippen LogP contribution in [0, 0.1) is 5.92 Å². The normalized spacial score (nSPS) is 16.0. The molecule has 15 heavy (non-hydrogen) atoms. The molecule has 0 N–H and O–H groups in total. The van der Waals surface area contributed by atoms with E-state index in [1.54, 1.807) is 10.8 Å². The van der Waals surface area contributed by atoms with Gasteiger partial charge in [-0.1, -0.05) is 62.1 Å². The summed E-state index contributed by atoms with van der Waals surface area (Å²) in [4.78, 5) is 0. The van der Waals surface area contributed by atoms with E-state index >= 15 is 0 Å². The van der Waals surface area contributed by atoms with E-state index in [1.165, 1.54) is 10.8 Å². The van der Waals surface area contributed by atoms with Crippen LogP contribution in [0.15, 0.2) is 0 Å². The van der Waals surface area contributed by atoms with Crippen molar-refractivity contribution in [2.24, 2.45) is 5.92 Å². The lowest BCUT2D eigenvalue weighted by atomic mass is 9.97. The molecule has 0 aromatic heterocycles. The highest BCUT2D eigenvalue weighted by Gasteiger charge is 2.29. The maximum Gasteiger partial charge on any atom is 0.251 e. The van der Waals surface area contributed by atoms with Crippen molar-refractivity contribution < 1.29 is 8.78 Å². The largest absolute Gasteiger partial charge is 0.251 e. The second-order valence-corrected chi connectivity index (χ2v) is 7.02. The summed E-state index contributed by atoms with van der Waals surface area (Å²) in [5.41, 5.74) is 0. The van der Waals surface area contributed by atoms with Gasteiger partial charge in [-0.3, -0.25) is 0 Å². The molecule has 0 aromatic carbocycles. The maximum absolute atomic E-state index is 12.9. The molecule has 0 aromatic rings. The predicted molar refractivity (Wildman–Crippen MR) is 68.8 cm³/mol. The van der Waals surface area contributed by atoms with Gasteiger partial charge >= 0.3 is 0 Å². The molecule has 2 unspecified atom stereocenters. The third-order valence-electron chi connectivity index (χ3n) is 2.26. The summed E-state index contributed by atoms with van der Waals surface area (Å²) in [5.74, 6) is 0.159. The second-order valence-electron chi connectivity index (χ2n) is 4.00. The molecule has 0 rings (SSSR count). The minimum Gasteiger partial charge on any atom is -0.209 e. The highest BCUT2D eigenvalue weighted by molar-refractivity contribution is 8.77. The van der Waals surface area contributed by atoms with Gasteiger partial charge in [0.1, 0.15) is 0 Å². The molecule has 0 aliphatic heterocycles. The summed E-state index contributed by atoms with van der Waals surface area (Å²) in [6, 6.07) is 0. The van der Waals surface area contributed by atoms with Crippen molar-refractivity contribution in [2.75, 3.05) is 0 Å². The van der Waals surface area contributed by atoms with Crippen molar-refractivity contribution in [3.8, 4) is 0 Å². The summed E-state index contributed by atoms with van der Waals surface area (Å²) in [7, 11) is 2.95. The van der Waals surface area contributed by atoms with Crippen LogP contribution in [0.25, 0.3) is 0 Å². The zero-order chi connectivity index (χ0) is 11.8. The molecule has 0 saturated heterocycles. The summed E-state index contributed by atoms with van der Waals surface area (Å²) in [6.07, 6.45) is 0.568. The van der Waals surface area contributed by atoms with E-state index < -0.39 is 11.7 Å². The molecular formula is C11H22F2S2. The third kappa shape index (κ3) is 6.67. The Morgan fingerprint density at radius 2 is 1.67 bits per heavy atom. The van der Waals surface area contributed by atoms with Crippen molar-refractivity contribution >= 4 is 21.6 Å². The Kier molecular flexibility index (Phi) is 9.01. The van der Waals surface area contributed by atoms with Gasteiger partial charge in [-0.05, 0) is 12.3 Å². The molecule has 92 valence electrons. The standard InChI is InChI=1S/C11H22F2S2/c1-5-7-9(6-2)10(11(12)13)15-14-8(3)4/h8-11H,5-7H2,1-4H3. The fraction of sp³-hybridized carbons (Fsp3) is 1.00. The Balaban J connectivity index is 4.21. The lowest BCUT2D eigenvalue weighted by Gasteiger charge is -2.24. The monoisotopic (exact) mass is 256 g/mol. The van der Waals surface area contributed by atoms with Crippen molar-refractivity contribution in [3.05, 3.63) is 0 Å². The lowest BCUT2D eigenvalue weighted by molar-refractivity contribution is 0.120. The average molecular weight is 256 g/mol. The molecule has 0 nitrogen and oxygen atoms in total. The molecule has 0 heterocycles. The Morgan fingerprint density at radius 1 is 1.07 bits per heavy atom. The number of hydrogen-bond acceptors (Lipinski definition) is 2. The van der Waals surface area contributed by atoms with Crippen molar-refractivity contribution in [1.82, 2.24) is 0 Å². The van der Waals surface area contributed by atoms with Crippen LogP contribution in [0.3, 0.4) is 0 Å². The smallest absolute Gasteiger partial charge is 0.209 e. The first-order chi connectivity index (χ1) is 7.02. The van der Waals surface area contributed by atoms with E-state index in [4.69, 9.17) is 0 Å². The molecule has 0 aliphatic carbocycles. The highest BCUT2D eigenvalue weighted by Crippen LogP contribution is 2.39. The van der Waals surface area contributed by atoms with Crippen molar-refractivity contribution in [1.29, 1.82) is 0 Å². The molecule has 0 spiro atoms. The second kappa shape index (κ2) is 8.68. The first-order valence-electron chi connectivity index (χ1n) is 5.63. The minimum absolute atomic E-state index is 0.159. The first-order valence-corrected chi connectivity index (χ1v) is 7.90. The fourth-order valence-corrected chi connectivity index (χ4v) is 4.17. The van der Waals surface area contributed by atoms with E-state index in [9.17, 15) is 8.78 Å². The topological polar surface area (TPSA) is 0 Å². The Bertz CT molecular complexity index is 152. The van der Waals surface area contributed by atoms with Crippen molar-refractivity contribution in [2.45, 2.75) is 63.9 Å². The maximum atomic E-state index is 12.9. The van der Waals surface area contributed by atoms with Crippen LogP contribution in [0.2, 0.25) is 0 Å². The van der Waals surface area contributed by atoms with E-state index in [0.717, 1.165) is 19.3 Å². The summed E-state index contributed by atoms with van der Waals surface area (Å²) in [6.45, 7) is 8.16. The molecule has 0 amide bonds. The van der Waals surface area contributed by atoms with E-state index in [2.05, 4.69) is 6.92 Å².